The summed E-state index contributed by atoms with van der Waals surface area (Å²) in [6.07, 6.45) is 0. The van der Waals surface area contributed by atoms with Gasteiger partial charge in [-0.1, -0.05) is 0 Å². The Morgan fingerprint density at radius 2 is 2.10 bits per heavy atom. The molecular weight excluding hydrogens is 189 g/mol. The summed E-state index contributed by atoms with van der Waals surface area (Å²) in [5, 5.41) is 0. The van der Waals surface area contributed by atoms with E-state index in [2.05, 4.69) is 11.8 Å². The van der Waals surface area contributed by atoms with E-state index < -0.39 is 0 Å². The van der Waals surface area contributed by atoms with Gasteiger partial charge in [0, 0.05) is 11.8 Å². The average Bonchev–Trinajstić information content (AvgIpc) is 1.88. The zero-order chi connectivity index (χ0) is 8.15. The molecular formula is C5H9ClNOPS. The van der Waals surface area contributed by atoms with Crippen LogP contribution in [0.4, 0.5) is 0 Å². The molecule has 0 amide bonds. The van der Waals surface area contributed by atoms with Crippen LogP contribution in [0.5, 0.6) is 0 Å². The number of hydrogen-bond donors (Lipinski definition) is 0. The largest absolute Gasteiger partial charge is 0.481 e. The standard InChI is InChI=1S/C5H9ClNOPS/c1-4(2)5(8-3)7(6)9-10/h1-3H3. The van der Waals surface area contributed by atoms with Gasteiger partial charge in [-0.25, -0.2) is 0 Å². The summed E-state index contributed by atoms with van der Waals surface area (Å²) in [6, 6.07) is 0. The van der Waals surface area contributed by atoms with E-state index in [9.17, 15) is 0 Å². The van der Waals surface area contributed by atoms with Crippen LogP contribution in [0.25, 0.3) is 0 Å². The van der Waals surface area contributed by atoms with Crippen LogP contribution >= 0.6 is 19.3 Å². The first-order chi connectivity index (χ1) is 4.63. The molecule has 0 atom stereocenters. The minimum atomic E-state index is 0.548. The third kappa shape index (κ3) is 2.82. The average molecular weight is 198 g/mol. The number of methoxy groups -OCH3 is 1. The van der Waals surface area contributed by atoms with Crippen molar-refractivity contribution in [2.75, 3.05) is 7.11 Å². The molecule has 10 heavy (non-hydrogen) atoms. The van der Waals surface area contributed by atoms with Crippen molar-refractivity contribution in [2.24, 2.45) is 0 Å². The minimum Gasteiger partial charge on any atom is -0.481 e. The molecule has 0 rings (SSSR count). The lowest BCUT2D eigenvalue weighted by Gasteiger charge is -2.12. The van der Waals surface area contributed by atoms with E-state index >= 15 is 0 Å². The monoisotopic (exact) mass is 197 g/mol. The Morgan fingerprint density at radius 1 is 1.60 bits per heavy atom. The molecule has 0 unspecified atom stereocenters. The van der Waals surface area contributed by atoms with Crippen LogP contribution in [0.15, 0.2) is 11.5 Å². The van der Waals surface area contributed by atoms with Crippen molar-refractivity contribution in [3.8, 4) is 0 Å². The van der Waals surface area contributed by atoms with Crippen molar-refractivity contribution in [1.29, 1.82) is 0 Å². The van der Waals surface area contributed by atoms with Gasteiger partial charge >= 0.3 is 0 Å². The van der Waals surface area contributed by atoms with Gasteiger partial charge in [0.25, 0.3) is 0 Å². The molecule has 0 saturated heterocycles. The van der Waals surface area contributed by atoms with Crippen LogP contribution in [0.3, 0.4) is 0 Å². The summed E-state index contributed by atoms with van der Waals surface area (Å²) < 4.78 is 6.30. The molecule has 5 heteroatoms. The van der Waals surface area contributed by atoms with Gasteiger partial charge in [-0.05, 0) is 31.2 Å². The van der Waals surface area contributed by atoms with Gasteiger partial charge in [0.05, 0.1) is 7.11 Å². The van der Waals surface area contributed by atoms with E-state index in [1.165, 1.54) is 4.19 Å². The van der Waals surface area contributed by atoms with Crippen molar-refractivity contribution in [1.82, 2.24) is 4.19 Å². The maximum atomic E-state index is 5.66. The van der Waals surface area contributed by atoms with Crippen molar-refractivity contribution in [3.63, 3.8) is 0 Å². The summed E-state index contributed by atoms with van der Waals surface area (Å²) in [5.41, 5.74) is 1.01. The van der Waals surface area contributed by atoms with Crippen LogP contribution in [-0.4, -0.2) is 11.3 Å². The predicted molar refractivity (Wildman–Crippen MR) is 47.4 cm³/mol. The second-order valence-electron chi connectivity index (χ2n) is 1.85. The van der Waals surface area contributed by atoms with Gasteiger partial charge in [0.15, 0.2) is 0 Å². The van der Waals surface area contributed by atoms with Gasteiger partial charge < -0.3 is 4.74 Å². The number of allylic oxidation sites excluding steroid dienone is 1. The molecule has 0 bridgehead atoms. The van der Waals surface area contributed by atoms with Crippen LogP contribution < -0.4 is 0 Å². The number of halogens is 1. The maximum Gasteiger partial charge on any atom is 0.211 e. The Labute approximate surface area is 72.8 Å². The third-order valence-electron chi connectivity index (χ3n) is 0.860. The molecule has 0 heterocycles. The van der Waals surface area contributed by atoms with E-state index in [-0.39, 0.29) is 0 Å². The zero-order valence-corrected chi connectivity index (χ0v) is 8.56. The Hall–Kier alpha value is 0.150. The Balaban J connectivity index is 4.35. The smallest absolute Gasteiger partial charge is 0.211 e. The molecule has 0 aromatic heterocycles. The maximum absolute atomic E-state index is 5.66. The fourth-order valence-electron chi connectivity index (χ4n) is 0.501. The van der Waals surface area contributed by atoms with E-state index in [1.54, 1.807) is 7.11 Å². The first-order valence-electron chi connectivity index (χ1n) is 2.64. The lowest BCUT2D eigenvalue weighted by atomic mass is 10.4. The highest BCUT2D eigenvalue weighted by atomic mass is 35.5. The SMILES string of the molecule is COC(=C(C)C)N(Cl)P=S. The van der Waals surface area contributed by atoms with E-state index in [0.717, 1.165) is 5.57 Å². The molecule has 0 N–H and O–H groups in total. The molecule has 0 radical (unpaired) electrons. The normalized spacial score (nSPS) is 9.20. The fourth-order valence-corrected chi connectivity index (χ4v) is 1.32. The molecule has 0 saturated carbocycles. The molecule has 0 aliphatic rings. The number of hydrogen-bond acceptors (Lipinski definition) is 2. The molecule has 2 nitrogen and oxygen atoms in total. The number of ether oxygens (including phenoxy) is 1. The van der Waals surface area contributed by atoms with Crippen molar-refractivity contribution in [2.45, 2.75) is 13.8 Å². The van der Waals surface area contributed by atoms with Gasteiger partial charge in [-0.15, -0.1) is 0 Å². The Bertz CT molecular complexity index is 158. The third-order valence-corrected chi connectivity index (χ3v) is 2.32. The highest BCUT2D eigenvalue weighted by Crippen LogP contribution is 2.21. The lowest BCUT2D eigenvalue weighted by Crippen LogP contribution is -2.02. The second-order valence-corrected chi connectivity index (χ2v) is 3.48. The van der Waals surface area contributed by atoms with Gasteiger partial charge in [0.2, 0.25) is 5.88 Å². The van der Waals surface area contributed by atoms with Crippen LogP contribution in [0.2, 0.25) is 0 Å². The summed E-state index contributed by atoms with van der Waals surface area (Å²) in [6.45, 7) is 3.82. The summed E-state index contributed by atoms with van der Waals surface area (Å²) >= 11 is 10.3. The molecule has 0 aliphatic carbocycles. The fraction of sp³-hybridized carbons (Fsp3) is 0.600. The van der Waals surface area contributed by atoms with E-state index in [0.29, 0.717) is 13.4 Å². The van der Waals surface area contributed by atoms with Crippen LogP contribution in [-0.2, 0) is 16.5 Å². The van der Waals surface area contributed by atoms with Gasteiger partial charge in [-0.3, -0.25) is 0 Å². The molecule has 0 fully saturated rings. The lowest BCUT2D eigenvalue weighted by molar-refractivity contribution is 0.246. The van der Waals surface area contributed by atoms with E-state index in [4.69, 9.17) is 16.5 Å². The van der Waals surface area contributed by atoms with E-state index in [1.807, 2.05) is 13.8 Å². The van der Waals surface area contributed by atoms with Crippen molar-refractivity contribution >= 4 is 31.1 Å². The first kappa shape index (κ1) is 10.2. The van der Waals surface area contributed by atoms with Gasteiger partial charge in [-0.2, -0.15) is 4.19 Å². The van der Waals surface area contributed by atoms with Gasteiger partial charge in [0.1, 0.15) is 7.51 Å². The summed E-state index contributed by atoms with van der Waals surface area (Å²) in [5.74, 6) is 0.623. The highest BCUT2D eigenvalue weighted by Gasteiger charge is 2.04. The molecule has 0 aliphatic heterocycles. The number of nitrogens with zero attached hydrogens (tertiary/aromatic N) is 1. The molecule has 0 spiro atoms. The molecule has 0 aromatic rings. The highest BCUT2D eigenvalue weighted by molar-refractivity contribution is 7.95. The van der Waals surface area contributed by atoms with Crippen LogP contribution in [0, 0.1) is 0 Å². The topological polar surface area (TPSA) is 12.5 Å². The van der Waals surface area contributed by atoms with Crippen molar-refractivity contribution < 1.29 is 4.74 Å². The molecule has 0 aromatic carbocycles. The summed E-state index contributed by atoms with van der Waals surface area (Å²) in [7, 11) is 2.12. The van der Waals surface area contributed by atoms with Crippen LogP contribution in [0.1, 0.15) is 13.8 Å². The quantitative estimate of drug-likeness (QED) is 0.392. The number of rotatable bonds is 3. The Morgan fingerprint density at radius 3 is 2.20 bits per heavy atom. The molecule has 58 valence electrons. The van der Waals surface area contributed by atoms with Crippen molar-refractivity contribution in [3.05, 3.63) is 11.5 Å². The zero-order valence-electron chi connectivity index (χ0n) is 6.09. The second kappa shape index (κ2) is 4.89. The summed E-state index contributed by atoms with van der Waals surface area (Å²) in [4.78, 5) is 0. The first-order valence-corrected chi connectivity index (χ1v) is 4.84. The predicted octanol–water partition coefficient (Wildman–Crippen LogP) is 2.66. The minimum absolute atomic E-state index is 0.548. The Kier molecular flexibility index (Phi) is 4.96.